The number of hydrogen-bond acceptors (Lipinski definition) is 2. The average Bonchev–Trinajstić information content (AvgIpc) is 2.80. The van der Waals surface area contributed by atoms with E-state index in [0.29, 0.717) is 6.04 Å². The number of aryl methyl sites for hydroxylation is 2. The molecule has 3 nitrogen and oxygen atoms in total. The predicted molar refractivity (Wildman–Crippen MR) is 92.2 cm³/mol. The number of nitrogens with one attached hydrogen (secondary N) is 1. The van der Waals surface area contributed by atoms with Gasteiger partial charge in [-0.2, -0.15) is 5.10 Å². The maximum Gasteiger partial charge on any atom is 0.0850 e. The summed E-state index contributed by atoms with van der Waals surface area (Å²) < 4.78 is 2.08. The summed E-state index contributed by atoms with van der Waals surface area (Å²) in [6.07, 6.45) is 8.16. The molecule has 1 heterocycles. The Morgan fingerprint density at radius 3 is 2.48 bits per heavy atom. The molecule has 1 rings (SSSR count). The van der Waals surface area contributed by atoms with Crippen LogP contribution in [0.3, 0.4) is 0 Å². The lowest BCUT2D eigenvalue weighted by Gasteiger charge is -2.19. The number of nitrogens with zero attached hydrogens (tertiary/aromatic N) is 2. The Morgan fingerprint density at radius 2 is 1.90 bits per heavy atom. The van der Waals surface area contributed by atoms with E-state index in [1.54, 1.807) is 0 Å². The molecule has 0 saturated heterocycles. The molecule has 122 valence electrons. The van der Waals surface area contributed by atoms with E-state index in [-0.39, 0.29) is 0 Å². The molecule has 0 spiro atoms. The lowest BCUT2D eigenvalue weighted by molar-refractivity contribution is 0.442. The first-order valence-corrected chi connectivity index (χ1v) is 9.02. The fraction of sp³-hybridized carbons (Fsp3) is 0.824. The van der Waals surface area contributed by atoms with Crippen molar-refractivity contribution in [1.29, 1.82) is 0 Å². The summed E-state index contributed by atoms with van der Waals surface area (Å²) in [5, 5.41) is 9.20. The van der Waals surface area contributed by atoms with Gasteiger partial charge in [0.25, 0.3) is 0 Å². The highest BCUT2D eigenvalue weighted by Gasteiger charge is 2.18. The van der Waals surface area contributed by atoms with Crippen LogP contribution in [0.1, 0.15) is 71.2 Å². The Bertz CT molecular complexity index is 401. The monoisotopic (exact) mass is 313 g/mol. The van der Waals surface area contributed by atoms with Crippen LogP contribution >= 0.6 is 11.6 Å². The number of rotatable bonds is 11. The van der Waals surface area contributed by atoms with Crippen molar-refractivity contribution in [3.8, 4) is 0 Å². The molecule has 0 amide bonds. The molecule has 0 aliphatic rings. The molecule has 0 aliphatic carbocycles. The minimum Gasteiger partial charge on any atom is -0.314 e. The number of aromatic nitrogens is 2. The van der Waals surface area contributed by atoms with Crippen LogP contribution < -0.4 is 5.32 Å². The lowest BCUT2D eigenvalue weighted by atomic mass is 10.0. The molecule has 0 radical (unpaired) electrons. The van der Waals surface area contributed by atoms with E-state index in [1.165, 1.54) is 37.8 Å². The predicted octanol–water partition coefficient (Wildman–Crippen LogP) is 4.61. The van der Waals surface area contributed by atoms with E-state index >= 15 is 0 Å². The third-order valence-corrected chi connectivity index (χ3v) is 4.41. The van der Waals surface area contributed by atoms with Gasteiger partial charge in [-0.05, 0) is 32.7 Å². The van der Waals surface area contributed by atoms with Crippen molar-refractivity contribution in [2.75, 3.05) is 6.54 Å². The fourth-order valence-corrected chi connectivity index (χ4v) is 3.06. The van der Waals surface area contributed by atoms with E-state index in [1.807, 2.05) is 0 Å². The van der Waals surface area contributed by atoms with E-state index in [0.717, 1.165) is 36.6 Å². The average molecular weight is 314 g/mol. The molecule has 0 fully saturated rings. The lowest BCUT2D eigenvalue weighted by Crippen LogP contribution is -2.32. The molecule has 0 aromatic carbocycles. The highest BCUT2D eigenvalue weighted by Crippen LogP contribution is 2.24. The zero-order valence-corrected chi connectivity index (χ0v) is 15.0. The normalized spacial score (nSPS) is 12.8. The summed E-state index contributed by atoms with van der Waals surface area (Å²) in [7, 11) is 0. The van der Waals surface area contributed by atoms with Crippen LogP contribution in [0.5, 0.6) is 0 Å². The van der Waals surface area contributed by atoms with E-state index in [4.69, 9.17) is 11.6 Å². The zero-order valence-electron chi connectivity index (χ0n) is 14.2. The molecule has 1 unspecified atom stereocenters. The number of unbranched alkanes of at least 4 members (excludes halogenated alkanes) is 2. The van der Waals surface area contributed by atoms with Crippen LogP contribution in [0, 0.1) is 0 Å². The van der Waals surface area contributed by atoms with Crippen LogP contribution in [-0.4, -0.2) is 22.4 Å². The second-order valence-corrected chi connectivity index (χ2v) is 6.11. The van der Waals surface area contributed by atoms with Gasteiger partial charge in [0, 0.05) is 19.0 Å². The molecule has 0 saturated carbocycles. The largest absolute Gasteiger partial charge is 0.314 e. The third-order valence-electron chi connectivity index (χ3n) is 3.97. The second-order valence-electron chi connectivity index (χ2n) is 5.73. The van der Waals surface area contributed by atoms with Gasteiger partial charge in [0.15, 0.2) is 0 Å². The van der Waals surface area contributed by atoms with Gasteiger partial charge in [-0.15, -0.1) is 0 Å². The van der Waals surface area contributed by atoms with Gasteiger partial charge in [0.05, 0.1) is 16.4 Å². The van der Waals surface area contributed by atoms with Crippen LogP contribution in [0.2, 0.25) is 5.02 Å². The van der Waals surface area contributed by atoms with Gasteiger partial charge in [0.1, 0.15) is 0 Å². The summed E-state index contributed by atoms with van der Waals surface area (Å²) in [5.41, 5.74) is 2.25. The Balaban J connectivity index is 2.78. The maximum atomic E-state index is 6.54. The van der Waals surface area contributed by atoms with Crippen molar-refractivity contribution in [1.82, 2.24) is 15.1 Å². The summed E-state index contributed by atoms with van der Waals surface area (Å²) in [5.74, 6) is 0. The molecule has 4 heteroatoms. The van der Waals surface area contributed by atoms with Gasteiger partial charge in [-0.1, -0.05) is 51.6 Å². The summed E-state index contributed by atoms with van der Waals surface area (Å²) >= 11 is 6.54. The molecule has 0 aliphatic heterocycles. The smallest absolute Gasteiger partial charge is 0.0850 e. The van der Waals surface area contributed by atoms with Crippen LogP contribution in [0.25, 0.3) is 0 Å². The molecule has 1 atom stereocenters. The van der Waals surface area contributed by atoms with Crippen molar-refractivity contribution in [3.05, 3.63) is 16.4 Å². The molecule has 21 heavy (non-hydrogen) atoms. The SMILES string of the molecule is CCCCCC(Cc1c(Cl)c(CC)nn1CC)NCCC. The molecular formula is C17H32ClN3. The first-order valence-electron chi connectivity index (χ1n) is 8.65. The topological polar surface area (TPSA) is 29.9 Å². The maximum absolute atomic E-state index is 6.54. The van der Waals surface area contributed by atoms with Crippen LogP contribution in [-0.2, 0) is 19.4 Å². The minimum atomic E-state index is 0.515. The highest BCUT2D eigenvalue weighted by atomic mass is 35.5. The van der Waals surface area contributed by atoms with Crippen molar-refractivity contribution in [2.24, 2.45) is 0 Å². The number of halogens is 1. The van der Waals surface area contributed by atoms with E-state index < -0.39 is 0 Å². The van der Waals surface area contributed by atoms with Gasteiger partial charge < -0.3 is 5.32 Å². The Morgan fingerprint density at radius 1 is 1.14 bits per heavy atom. The van der Waals surface area contributed by atoms with Gasteiger partial charge >= 0.3 is 0 Å². The molecule has 1 aromatic heterocycles. The summed E-state index contributed by atoms with van der Waals surface area (Å²) in [6.45, 7) is 10.7. The highest BCUT2D eigenvalue weighted by molar-refractivity contribution is 6.31. The third kappa shape index (κ3) is 5.63. The van der Waals surface area contributed by atoms with Crippen molar-refractivity contribution in [2.45, 2.75) is 85.2 Å². The van der Waals surface area contributed by atoms with Crippen molar-refractivity contribution < 1.29 is 0 Å². The van der Waals surface area contributed by atoms with Gasteiger partial charge in [-0.25, -0.2) is 0 Å². The first-order chi connectivity index (χ1) is 10.2. The first kappa shape index (κ1) is 18.5. The van der Waals surface area contributed by atoms with E-state index in [2.05, 4.69) is 42.8 Å². The second kappa shape index (κ2) is 10.2. The molecule has 0 bridgehead atoms. The quantitative estimate of drug-likeness (QED) is 0.605. The number of hydrogen-bond donors (Lipinski definition) is 1. The fourth-order valence-electron chi connectivity index (χ4n) is 2.71. The van der Waals surface area contributed by atoms with Crippen LogP contribution in [0.4, 0.5) is 0 Å². The van der Waals surface area contributed by atoms with Gasteiger partial charge in [0.2, 0.25) is 0 Å². The van der Waals surface area contributed by atoms with Crippen molar-refractivity contribution in [3.63, 3.8) is 0 Å². The summed E-state index contributed by atoms with van der Waals surface area (Å²) in [6, 6.07) is 0.515. The standard InChI is InChI=1S/C17H32ClN3/c1-5-9-10-11-14(19-12-6-2)13-16-17(18)15(7-3)20-21(16)8-4/h14,19H,5-13H2,1-4H3. The van der Waals surface area contributed by atoms with E-state index in [9.17, 15) is 0 Å². The molecule has 1 aromatic rings. The Hall–Kier alpha value is -0.540. The van der Waals surface area contributed by atoms with Crippen LogP contribution in [0.15, 0.2) is 0 Å². The zero-order chi connectivity index (χ0) is 15.7. The molecular weight excluding hydrogens is 282 g/mol. The molecule has 1 N–H and O–H groups in total. The van der Waals surface area contributed by atoms with Crippen molar-refractivity contribution >= 4 is 11.6 Å². The Labute approximate surface area is 135 Å². The summed E-state index contributed by atoms with van der Waals surface area (Å²) in [4.78, 5) is 0. The van der Waals surface area contributed by atoms with Gasteiger partial charge in [-0.3, -0.25) is 4.68 Å². The minimum absolute atomic E-state index is 0.515. The Kier molecular flexibility index (Phi) is 9.02.